The predicted octanol–water partition coefficient (Wildman–Crippen LogP) is 3.44. The van der Waals surface area contributed by atoms with E-state index < -0.39 is 0 Å². The number of ether oxygens (including phenoxy) is 1. The number of aryl methyl sites for hydroxylation is 3. The number of methoxy groups -OCH3 is 1. The molecule has 1 aliphatic heterocycles. The molecule has 2 aromatic rings. The van der Waals surface area contributed by atoms with Gasteiger partial charge >= 0.3 is 5.97 Å². The Bertz CT molecular complexity index is 913. The lowest BCUT2D eigenvalue weighted by atomic mass is 10.1. The molecule has 0 spiro atoms. The second-order valence-corrected chi connectivity index (χ2v) is 9.09. The zero-order valence-corrected chi connectivity index (χ0v) is 20.1. The van der Waals surface area contributed by atoms with Gasteiger partial charge in [0.1, 0.15) is 5.00 Å². The van der Waals surface area contributed by atoms with Crippen molar-refractivity contribution >= 4 is 39.6 Å². The standard InChI is InChI=1S/C21H31N5O2S2/c1-6-17-15(4)30-19(18(17)20(27)28-5)22-21(29)25-10-8-24(9-11-25)12-16-13-26(7-2)23-14(16)3/h13H,6-12H2,1-5H3,(H,22,29). The molecule has 9 heteroatoms. The van der Waals surface area contributed by atoms with E-state index in [2.05, 4.69) is 47.2 Å². The lowest BCUT2D eigenvalue weighted by molar-refractivity contribution is 0.0601. The summed E-state index contributed by atoms with van der Waals surface area (Å²) in [5.41, 5.74) is 4.04. The molecule has 0 bridgehead atoms. The van der Waals surface area contributed by atoms with Crippen molar-refractivity contribution in [1.82, 2.24) is 19.6 Å². The van der Waals surface area contributed by atoms with Crippen LogP contribution in [0.3, 0.4) is 0 Å². The zero-order chi connectivity index (χ0) is 21.8. The molecule has 0 unspecified atom stereocenters. The molecule has 0 atom stereocenters. The normalized spacial score (nSPS) is 14.8. The Balaban J connectivity index is 1.61. The van der Waals surface area contributed by atoms with E-state index in [-0.39, 0.29) is 5.97 Å². The molecular formula is C21H31N5O2S2. The van der Waals surface area contributed by atoms with E-state index in [0.29, 0.717) is 10.7 Å². The fraction of sp³-hybridized carbons (Fsp3) is 0.571. The van der Waals surface area contributed by atoms with Gasteiger partial charge in [0.15, 0.2) is 5.11 Å². The van der Waals surface area contributed by atoms with Gasteiger partial charge in [-0.1, -0.05) is 6.92 Å². The van der Waals surface area contributed by atoms with Crippen LogP contribution in [0.5, 0.6) is 0 Å². The number of nitrogens with one attached hydrogen (secondary N) is 1. The van der Waals surface area contributed by atoms with E-state index in [4.69, 9.17) is 17.0 Å². The highest BCUT2D eigenvalue weighted by Crippen LogP contribution is 2.34. The Kier molecular flexibility index (Phi) is 7.49. The third-order valence-electron chi connectivity index (χ3n) is 5.60. The smallest absolute Gasteiger partial charge is 0.341 e. The van der Waals surface area contributed by atoms with Crippen molar-refractivity contribution in [3.8, 4) is 0 Å². The fourth-order valence-corrected chi connectivity index (χ4v) is 5.29. The summed E-state index contributed by atoms with van der Waals surface area (Å²) in [4.78, 5) is 18.1. The Hall–Kier alpha value is -1.97. The third-order valence-corrected chi connectivity index (χ3v) is 7.02. The lowest BCUT2D eigenvalue weighted by Crippen LogP contribution is -2.49. The molecule has 164 valence electrons. The molecule has 1 N–H and O–H groups in total. The number of thiophene rings is 1. The van der Waals surface area contributed by atoms with Crippen molar-refractivity contribution in [3.05, 3.63) is 33.5 Å². The number of hydrogen-bond acceptors (Lipinski definition) is 6. The molecule has 2 aromatic heterocycles. The molecule has 3 rings (SSSR count). The van der Waals surface area contributed by atoms with E-state index in [0.717, 1.165) is 66.8 Å². The molecule has 3 heterocycles. The van der Waals surface area contributed by atoms with E-state index >= 15 is 0 Å². The first-order valence-electron chi connectivity index (χ1n) is 10.4. The lowest BCUT2D eigenvalue weighted by Gasteiger charge is -2.36. The average Bonchev–Trinajstić information content (AvgIpc) is 3.26. The first-order chi connectivity index (χ1) is 14.4. The fourth-order valence-electron chi connectivity index (χ4n) is 3.81. The van der Waals surface area contributed by atoms with Crippen molar-refractivity contribution in [3.63, 3.8) is 0 Å². The molecule has 0 aromatic carbocycles. The Morgan fingerprint density at radius 2 is 1.97 bits per heavy atom. The monoisotopic (exact) mass is 449 g/mol. The highest BCUT2D eigenvalue weighted by molar-refractivity contribution is 7.80. The van der Waals surface area contributed by atoms with E-state index in [1.807, 2.05) is 11.6 Å². The molecule has 1 fully saturated rings. The van der Waals surface area contributed by atoms with Gasteiger partial charge < -0.3 is 15.0 Å². The van der Waals surface area contributed by atoms with Gasteiger partial charge in [-0.25, -0.2) is 4.79 Å². The number of rotatable bonds is 6. The van der Waals surface area contributed by atoms with Crippen LogP contribution in [-0.2, 0) is 24.2 Å². The molecule has 0 radical (unpaired) electrons. The molecule has 30 heavy (non-hydrogen) atoms. The number of hydrogen-bond donors (Lipinski definition) is 1. The maximum absolute atomic E-state index is 12.3. The summed E-state index contributed by atoms with van der Waals surface area (Å²) in [5, 5.41) is 9.31. The third kappa shape index (κ3) is 4.84. The molecule has 0 saturated carbocycles. The van der Waals surface area contributed by atoms with Crippen LogP contribution >= 0.6 is 23.6 Å². The minimum absolute atomic E-state index is 0.311. The van der Waals surface area contributed by atoms with Gasteiger partial charge in [-0.05, 0) is 45.0 Å². The van der Waals surface area contributed by atoms with Gasteiger partial charge in [0.25, 0.3) is 0 Å². The quantitative estimate of drug-likeness (QED) is 0.535. The number of thiocarbonyl (C=S) groups is 1. The Morgan fingerprint density at radius 1 is 1.27 bits per heavy atom. The number of piperazine rings is 1. The predicted molar refractivity (Wildman–Crippen MR) is 125 cm³/mol. The number of anilines is 1. The number of nitrogens with zero attached hydrogens (tertiary/aromatic N) is 4. The topological polar surface area (TPSA) is 62.6 Å². The van der Waals surface area contributed by atoms with Gasteiger partial charge in [-0.3, -0.25) is 9.58 Å². The van der Waals surface area contributed by atoms with Gasteiger partial charge in [0.05, 0.1) is 18.4 Å². The van der Waals surface area contributed by atoms with Crippen LogP contribution < -0.4 is 5.32 Å². The summed E-state index contributed by atoms with van der Waals surface area (Å²) in [7, 11) is 1.42. The summed E-state index contributed by atoms with van der Waals surface area (Å²) in [6.45, 7) is 13.6. The number of carbonyl (C=O) groups excluding carboxylic acids is 1. The van der Waals surface area contributed by atoms with E-state index in [9.17, 15) is 4.79 Å². The number of aromatic nitrogens is 2. The SMILES string of the molecule is CCc1c(C)sc(NC(=S)N2CCN(Cc3cn(CC)nc3C)CC2)c1C(=O)OC. The van der Waals surface area contributed by atoms with Gasteiger partial charge in [-0.15, -0.1) is 11.3 Å². The first kappa shape index (κ1) is 22.7. The first-order valence-corrected chi connectivity index (χ1v) is 11.6. The van der Waals surface area contributed by atoms with E-state index in [1.165, 1.54) is 12.7 Å². The highest BCUT2D eigenvalue weighted by Gasteiger charge is 2.25. The number of esters is 1. The largest absolute Gasteiger partial charge is 0.465 e. The van der Waals surface area contributed by atoms with Crippen LogP contribution in [0.15, 0.2) is 6.20 Å². The maximum Gasteiger partial charge on any atom is 0.341 e. The summed E-state index contributed by atoms with van der Waals surface area (Å²) >= 11 is 7.24. The molecule has 0 aliphatic carbocycles. The summed E-state index contributed by atoms with van der Waals surface area (Å²) in [6, 6.07) is 0. The Labute approximate surface area is 188 Å². The van der Waals surface area contributed by atoms with Crippen molar-refractivity contribution in [2.75, 3.05) is 38.6 Å². The van der Waals surface area contributed by atoms with Crippen LogP contribution in [0.25, 0.3) is 0 Å². The number of carbonyl (C=O) groups is 1. The van der Waals surface area contributed by atoms with Crippen molar-refractivity contribution in [1.29, 1.82) is 0 Å². The van der Waals surface area contributed by atoms with Crippen LogP contribution in [-0.4, -0.2) is 64.0 Å². The minimum atomic E-state index is -0.311. The molecule has 0 amide bonds. The highest BCUT2D eigenvalue weighted by atomic mass is 32.1. The molecule has 7 nitrogen and oxygen atoms in total. The summed E-state index contributed by atoms with van der Waals surface area (Å²) < 4.78 is 7.00. The molecular weight excluding hydrogens is 418 g/mol. The van der Waals surface area contributed by atoms with Crippen LogP contribution in [0.2, 0.25) is 0 Å². The van der Waals surface area contributed by atoms with E-state index in [1.54, 1.807) is 11.3 Å². The molecule has 1 aliphatic rings. The second kappa shape index (κ2) is 9.89. The minimum Gasteiger partial charge on any atom is -0.465 e. The summed E-state index contributed by atoms with van der Waals surface area (Å²) in [6.07, 6.45) is 2.93. The van der Waals surface area contributed by atoms with Crippen molar-refractivity contribution < 1.29 is 9.53 Å². The van der Waals surface area contributed by atoms with Crippen LogP contribution in [0.1, 0.15) is 45.9 Å². The van der Waals surface area contributed by atoms with Crippen molar-refractivity contribution in [2.45, 2.75) is 47.2 Å². The van der Waals surface area contributed by atoms with Crippen LogP contribution in [0, 0.1) is 13.8 Å². The van der Waals surface area contributed by atoms with Crippen molar-refractivity contribution in [2.24, 2.45) is 0 Å². The second-order valence-electron chi connectivity index (χ2n) is 7.47. The molecule has 1 saturated heterocycles. The van der Waals surface area contributed by atoms with Gasteiger partial charge in [0, 0.05) is 55.9 Å². The average molecular weight is 450 g/mol. The zero-order valence-electron chi connectivity index (χ0n) is 18.4. The van der Waals surface area contributed by atoms with Gasteiger partial charge in [0.2, 0.25) is 0 Å². The van der Waals surface area contributed by atoms with Gasteiger partial charge in [-0.2, -0.15) is 5.10 Å². The van der Waals surface area contributed by atoms with Crippen LogP contribution in [0.4, 0.5) is 5.00 Å². The maximum atomic E-state index is 12.3. The Morgan fingerprint density at radius 3 is 2.53 bits per heavy atom. The summed E-state index contributed by atoms with van der Waals surface area (Å²) in [5.74, 6) is -0.311.